The van der Waals surface area contributed by atoms with E-state index in [1.165, 1.54) is 17.4 Å². The number of anilines is 1. The molecule has 0 saturated heterocycles. The zero-order valence-corrected chi connectivity index (χ0v) is 10.9. The first kappa shape index (κ1) is 12.2. The largest absolute Gasteiger partial charge is 0.486 e. The molecular weight excluding hydrogens is 311 g/mol. The van der Waals surface area contributed by atoms with Crippen LogP contribution in [0.3, 0.4) is 0 Å². The van der Waals surface area contributed by atoms with Crippen molar-refractivity contribution in [1.29, 1.82) is 0 Å². The van der Waals surface area contributed by atoms with E-state index in [0.717, 1.165) is 0 Å². The van der Waals surface area contributed by atoms with E-state index in [1.807, 2.05) is 0 Å². The SMILES string of the molecule is NNc1nnc(COc2ccc(F)c(Br)c2)s1. The maximum absolute atomic E-state index is 13.0. The van der Waals surface area contributed by atoms with Crippen LogP contribution in [0.2, 0.25) is 0 Å². The molecule has 3 N–H and O–H groups in total. The third kappa shape index (κ3) is 3.11. The molecule has 1 aromatic heterocycles. The standard InChI is InChI=1S/C9H8BrFN4OS/c10-6-3-5(1-2-7(6)11)16-4-8-14-15-9(13-12)17-8/h1-3H,4,12H2,(H,13,15). The third-order valence-corrected chi connectivity index (χ3v) is 3.28. The third-order valence-electron chi connectivity index (χ3n) is 1.84. The molecule has 2 aromatic rings. The molecule has 90 valence electrons. The summed E-state index contributed by atoms with van der Waals surface area (Å²) in [5, 5.41) is 8.82. The zero-order chi connectivity index (χ0) is 12.3. The van der Waals surface area contributed by atoms with Crippen LogP contribution in [0.5, 0.6) is 5.75 Å². The molecule has 1 aromatic carbocycles. The summed E-state index contributed by atoms with van der Waals surface area (Å²) in [6.45, 7) is 0.261. The van der Waals surface area contributed by atoms with Crippen molar-refractivity contribution >= 4 is 32.4 Å². The minimum atomic E-state index is -0.331. The quantitative estimate of drug-likeness (QED) is 0.668. The van der Waals surface area contributed by atoms with Crippen LogP contribution < -0.4 is 16.0 Å². The highest BCUT2D eigenvalue weighted by atomic mass is 79.9. The van der Waals surface area contributed by atoms with Gasteiger partial charge in [-0.25, -0.2) is 10.2 Å². The van der Waals surface area contributed by atoms with Gasteiger partial charge in [0.1, 0.15) is 18.2 Å². The molecule has 8 heteroatoms. The summed E-state index contributed by atoms with van der Waals surface area (Å²) in [6.07, 6.45) is 0. The number of nitrogens with zero attached hydrogens (tertiary/aromatic N) is 2. The second kappa shape index (κ2) is 5.39. The average molecular weight is 319 g/mol. The lowest BCUT2D eigenvalue weighted by Crippen LogP contribution is -2.05. The predicted octanol–water partition coefficient (Wildman–Crippen LogP) is 2.30. The van der Waals surface area contributed by atoms with E-state index in [1.54, 1.807) is 12.1 Å². The van der Waals surface area contributed by atoms with Crippen molar-refractivity contribution < 1.29 is 9.13 Å². The van der Waals surface area contributed by atoms with Gasteiger partial charge < -0.3 is 4.74 Å². The predicted molar refractivity (Wildman–Crippen MR) is 66.2 cm³/mol. The van der Waals surface area contributed by atoms with Gasteiger partial charge in [-0.1, -0.05) is 11.3 Å². The number of aromatic nitrogens is 2. The highest BCUT2D eigenvalue weighted by Crippen LogP contribution is 2.23. The van der Waals surface area contributed by atoms with Gasteiger partial charge in [-0.15, -0.1) is 10.2 Å². The number of rotatable bonds is 4. The number of hydrazine groups is 1. The Hall–Kier alpha value is -1.25. The van der Waals surface area contributed by atoms with Crippen molar-refractivity contribution in [2.24, 2.45) is 5.84 Å². The molecule has 2 rings (SSSR count). The first-order chi connectivity index (χ1) is 8.19. The summed E-state index contributed by atoms with van der Waals surface area (Å²) >= 11 is 4.37. The van der Waals surface area contributed by atoms with Gasteiger partial charge in [-0.3, -0.25) is 5.43 Å². The molecule has 0 amide bonds. The van der Waals surface area contributed by atoms with E-state index in [0.29, 0.717) is 20.4 Å². The fourth-order valence-electron chi connectivity index (χ4n) is 1.08. The monoisotopic (exact) mass is 318 g/mol. The number of hydrogen-bond donors (Lipinski definition) is 2. The Balaban J connectivity index is 1.99. The lowest BCUT2D eigenvalue weighted by atomic mass is 10.3. The van der Waals surface area contributed by atoms with Crippen molar-refractivity contribution in [3.8, 4) is 5.75 Å². The van der Waals surface area contributed by atoms with Crippen LogP contribution in [-0.4, -0.2) is 10.2 Å². The topological polar surface area (TPSA) is 73.1 Å². The van der Waals surface area contributed by atoms with Crippen molar-refractivity contribution in [3.05, 3.63) is 33.5 Å². The smallest absolute Gasteiger partial charge is 0.219 e. The molecule has 0 aliphatic rings. The van der Waals surface area contributed by atoms with Crippen molar-refractivity contribution in [2.75, 3.05) is 5.43 Å². The molecule has 0 saturated carbocycles. The Kier molecular flexibility index (Phi) is 3.87. The zero-order valence-electron chi connectivity index (χ0n) is 8.48. The van der Waals surface area contributed by atoms with E-state index in [4.69, 9.17) is 10.6 Å². The van der Waals surface area contributed by atoms with Gasteiger partial charge in [0.05, 0.1) is 4.47 Å². The number of nitrogens with one attached hydrogen (secondary N) is 1. The second-order valence-corrected chi connectivity index (χ2v) is 4.93. The molecule has 0 bridgehead atoms. The fraction of sp³-hybridized carbons (Fsp3) is 0.111. The van der Waals surface area contributed by atoms with Crippen LogP contribution in [0.1, 0.15) is 5.01 Å². The normalized spacial score (nSPS) is 10.3. The number of nitrogens with two attached hydrogens (primary N) is 1. The van der Waals surface area contributed by atoms with Crippen molar-refractivity contribution in [1.82, 2.24) is 10.2 Å². The van der Waals surface area contributed by atoms with Crippen molar-refractivity contribution in [3.63, 3.8) is 0 Å². The van der Waals surface area contributed by atoms with Gasteiger partial charge in [0.2, 0.25) is 5.13 Å². The van der Waals surface area contributed by atoms with Crippen LogP contribution in [0.15, 0.2) is 22.7 Å². The van der Waals surface area contributed by atoms with E-state index >= 15 is 0 Å². The molecule has 0 aliphatic heterocycles. The molecule has 0 atom stereocenters. The minimum absolute atomic E-state index is 0.261. The Labute approximate surface area is 109 Å². The minimum Gasteiger partial charge on any atom is -0.486 e. The van der Waals surface area contributed by atoms with Crippen LogP contribution in [0, 0.1) is 5.82 Å². The number of nitrogen functional groups attached to an aromatic ring is 1. The van der Waals surface area contributed by atoms with E-state index in [2.05, 4.69) is 31.6 Å². The highest BCUT2D eigenvalue weighted by Gasteiger charge is 2.05. The lowest BCUT2D eigenvalue weighted by molar-refractivity contribution is 0.304. The van der Waals surface area contributed by atoms with Gasteiger partial charge in [-0.05, 0) is 34.1 Å². The van der Waals surface area contributed by atoms with Gasteiger partial charge >= 0.3 is 0 Å². The maximum atomic E-state index is 13.0. The van der Waals surface area contributed by atoms with Crippen molar-refractivity contribution in [2.45, 2.75) is 6.61 Å². The summed E-state index contributed by atoms with van der Waals surface area (Å²) in [7, 11) is 0. The molecule has 0 fully saturated rings. The van der Waals surface area contributed by atoms with Crippen LogP contribution in [0.25, 0.3) is 0 Å². The first-order valence-electron chi connectivity index (χ1n) is 4.56. The Morgan fingerprint density at radius 1 is 1.47 bits per heavy atom. The van der Waals surface area contributed by atoms with Crippen LogP contribution >= 0.6 is 27.3 Å². The summed E-state index contributed by atoms with van der Waals surface area (Å²) in [4.78, 5) is 0. The lowest BCUT2D eigenvalue weighted by Gasteiger charge is -2.04. The molecule has 0 radical (unpaired) electrons. The van der Waals surface area contributed by atoms with Crippen LogP contribution in [-0.2, 0) is 6.61 Å². The van der Waals surface area contributed by atoms with Gasteiger partial charge in [0.15, 0.2) is 5.01 Å². The average Bonchev–Trinajstić information content (AvgIpc) is 2.79. The maximum Gasteiger partial charge on any atom is 0.219 e. The van der Waals surface area contributed by atoms with E-state index in [9.17, 15) is 4.39 Å². The second-order valence-electron chi connectivity index (χ2n) is 3.01. The highest BCUT2D eigenvalue weighted by molar-refractivity contribution is 9.10. The first-order valence-corrected chi connectivity index (χ1v) is 6.17. The Morgan fingerprint density at radius 2 is 2.29 bits per heavy atom. The van der Waals surface area contributed by atoms with E-state index in [-0.39, 0.29) is 12.4 Å². The Bertz CT molecular complexity index is 521. The Morgan fingerprint density at radius 3 is 2.94 bits per heavy atom. The fourth-order valence-corrected chi connectivity index (χ4v) is 2.00. The summed E-state index contributed by atoms with van der Waals surface area (Å²) in [5.74, 6) is 5.40. The summed E-state index contributed by atoms with van der Waals surface area (Å²) < 4.78 is 18.8. The molecule has 5 nitrogen and oxygen atoms in total. The number of hydrogen-bond acceptors (Lipinski definition) is 6. The number of halogens is 2. The molecule has 1 heterocycles. The van der Waals surface area contributed by atoms with Gasteiger partial charge in [0.25, 0.3) is 0 Å². The molecule has 0 spiro atoms. The molecular formula is C9H8BrFN4OS. The van der Waals surface area contributed by atoms with Crippen LogP contribution in [0.4, 0.5) is 9.52 Å². The van der Waals surface area contributed by atoms with Gasteiger partial charge in [-0.2, -0.15) is 0 Å². The van der Waals surface area contributed by atoms with Gasteiger partial charge in [0, 0.05) is 0 Å². The summed E-state index contributed by atoms with van der Waals surface area (Å²) in [6, 6.07) is 4.42. The molecule has 0 aliphatic carbocycles. The molecule has 0 unspecified atom stereocenters. The number of benzene rings is 1. The summed E-state index contributed by atoms with van der Waals surface area (Å²) in [5.41, 5.74) is 2.39. The number of ether oxygens (including phenoxy) is 1. The van der Waals surface area contributed by atoms with E-state index < -0.39 is 0 Å². The molecule has 17 heavy (non-hydrogen) atoms.